The highest BCUT2D eigenvalue weighted by Gasteiger charge is 2.36. The molecule has 34 heavy (non-hydrogen) atoms. The van der Waals surface area contributed by atoms with E-state index in [-0.39, 0.29) is 18.1 Å². The summed E-state index contributed by atoms with van der Waals surface area (Å²) in [4.78, 5) is 35.4. The Morgan fingerprint density at radius 2 is 1.68 bits per heavy atom. The number of carbonyl (C=O) groups excluding carboxylic acids is 2. The summed E-state index contributed by atoms with van der Waals surface area (Å²) in [6, 6.07) is 11.9. The number of fused-ring (bicyclic) bond motifs is 1. The maximum absolute atomic E-state index is 13.2. The second-order valence-corrected chi connectivity index (χ2v) is 13.9. The zero-order valence-corrected chi connectivity index (χ0v) is 22.1. The number of hydrogen-bond donors (Lipinski definition) is 3. The van der Waals surface area contributed by atoms with Crippen LogP contribution in [0, 0.1) is 5.92 Å². The third kappa shape index (κ3) is 6.75. The number of rotatable bonds is 10. The van der Waals surface area contributed by atoms with Crippen LogP contribution in [-0.4, -0.2) is 47.3 Å². The number of amides is 1. The number of carbonyl (C=O) groups is 2. The van der Waals surface area contributed by atoms with Crippen molar-refractivity contribution in [1.29, 1.82) is 0 Å². The normalized spacial score (nSPS) is 16.1. The fourth-order valence-electron chi connectivity index (χ4n) is 3.56. The van der Waals surface area contributed by atoms with Gasteiger partial charge in [0.05, 0.1) is 16.5 Å². The first-order valence-corrected chi connectivity index (χ1v) is 14.3. The molecule has 10 heteroatoms. The minimum atomic E-state index is -3.64. The van der Waals surface area contributed by atoms with E-state index in [9.17, 15) is 27.5 Å². The Labute approximate surface area is 202 Å². The second-order valence-electron chi connectivity index (χ2n) is 9.88. The number of ketones is 1. The second kappa shape index (κ2) is 11.1. The van der Waals surface area contributed by atoms with Crippen LogP contribution in [0.15, 0.2) is 42.5 Å². The van der Waals surface area contributed by atoms with E-state index >= 15 is 0 Å². The molecule has 0 aliphatic heterocycles. The molecule has 3 unspecified atom stereocenters. The molecule has 0 radical (unpaired) electrons. The molecule has 1 amide bonds. The molecular weight excluding hydrogens is 475 g/mol. The third-order valence-electron chi connectivity index (χ3n) is 5.94. The summed E-state index contributed by atoms with van der Waals surface area (Å²) in [5, 5.41) is 3.98. The monoisotopic (exact) mass is 510 g/mol. The molecule has 8 nitrogen and oxygen atoms in total. The molecule has 0 aliphatic carbocycles. The van der Waals surface area contributed by atoms with Crippen LogP contribution in [-0.2, 0) is 24.0 Å². The molecule has 4 atom stereocenters. The van der Waals surface area contributed by atoms with Crippen LogP contribution in [0.1, 0.15) is 52.5 Å². The van der Waals surface area contributed by atoms with E-state index in [0.717, 1.165) is 10.8 Å². The number of nitrogens with one attached hydrogen (secondary N) is 1. The quantitative estimate of drug-likeness (QED) is 0.417. The van der Waals surface area contributed by atoms with Gasteiger partial charge in [-0.05, 0) is 43.0 Å². The van der Waals surface area contributed by atoms with Gasteiger partial charge in [0.15, 0.2) is 21.4 Å². The van der Waals surface area contributed by atoms with Gasteiger partial charge >= 0.3 is 0 Å². The standard InChI is InChI=1S/C24H35N2O6PS/c1-15(2)21(25)22(28)26-23(33(29)30)20(27)13-17(14-34(31,32)24(3,4)5)19-12-8-10-16-9-6-7-11-18(16)19/h6-12,15,17,21,23,33H,13-14,25H2,1-5H3,(H,26,28)(H,29,30)/t17?,21-,23?/m0/s1. The molecule has 0 spiro atoms. The lowest BCUT2D eigenvalue weighted by molar-refractivity contribution is -0.127. The van der Waals surface area contributed by atoms with Gasteiger partial charge < -0.3 is 15.9 Å². The van der Waals surface area contributed by atoms with E-state index in [2.05, 4.69) is 5.32 Å². The van der Waals surface area contributed by atoms with Gasteiger partial charge in [-0.15, -0.1) is 0 Å². The first-order chi connectivity index (χ1) is 15.7. The Bertz CT molecular complexity index is 1170. The highest BCUT2D eigenvalue weighted by molar-refractivity contribution is 7.92. The van der Waals surface area contributed by atoms with E-state index < -0.39 is 52.0 Å². The zero-order valence-electron chi connectivity index (χ0n) is 20.2. The molecule has 0 bridgehead atoms. The highest BCUT2D eigenvalue weighted by Crippen LogP contribution is 2.34. The molecule has 4 N–H and O–H groups in total. The Morgan fingerprint density at radius 1 is 1.09 bits per heavy atom. The van der Waals surface area contributed by atoms with Gasteiger partial charge in [-0.25, -0.2) is 8.42 Å². The summed E-state index contributed by atoms with van der Waals surface area (Å²) in [7, 11) is -7.15. The molecular formula is C24H35N2O6PS. The Kier molecular flexibility index (Phi) is 9.22. The number of benzene rings is 2. The van der Waals surface area contributed by atoms with Crippen molar-refractivity contribution >= 4 is 40.3 Å². The van der Waals surface area contributed by atoms with E-state index in [4.69, 9.17) is 5.73 Å². The zero-order chi connectivity index (χ0) is 25.8. The van der Waals surface area contributed by atoms with E-state index in [0.29, 0.717) is 5.56 Å². The van der Waals surface area contributed by atoms with Crippen molar-refractivity contribution in [2.75, 3.05) is 5.75 Å². The summed E-state index contributed by atoms with van der Waals surface area (Å²) < 4.78 is 37.2. The van der Waals surface area contributed by atoms with Crippen LogP contribution < -0.4 is 11.1 Å². The molecule has 0 fully saturated rings. The lowest BCUT2D eigenvalue weighted by Gasteiger charge is -2.26. The highest BCUT2D eigenvalue weighted by atomic mass is 32.2. The lowest BCUT2D eigenvalue weighted by Crippen LogP contribution is -2.49. The summed E-state index contributed by atoms with van der Waals surface area (Å²) in [5.41, 5.74) is 6.47. The number of hydrogen-bond acceptors (Lipinski definition) is 6. The third-order valence-corrected chi connectivity index (χ3v) is 9.61. The van der Waals surface area contributed by atoms with E-state index in [1.807, 2.05) is 30.3 Å². The predicted molar refractivity (Wildman–Crippen MR) is 136 cm³/mol. The van der Waals surface area contributed by atoms with Gasteiger partial charge in [0, 0.05) is 12.3 Å². The number of sulfone groups is 1. The van der Waals surface area contributed by atoms with Crippen LogP contribution in [0.5, 0.6) is 0 Å². The Morgan fingerprint density at radius 3 is 2.24 bits per heavy atom. The molecule has 2 rings (SSSR count). The minimum absolute atomic E-state index is 0.239. The minimum Gasteiger partial charge on any atom is -0.345 e. The maximum atomic E-state index is 13.2. The van der Waals surface area contributed by atoms with Crippen LogP contribution >= 0.6 is 8.03 Å². The van der Waals surface area contributed by atoms with Crippen LogP contribution in [0.25, 0.3) is 10.8 Å². The summed E-state index contributed by atoms with van der Waals surface area (Å²) in [5.74, 6) is -4.39. The molecule has 0 heterocycles. The van der Waals surface area contributed by atoms with E-state index in [1.54, 1.807) is 46.8 Å². The largest absolute Gasteiger partial charge is 0.345 e. The number of nitrogens with two attached hydrogens (primary N) is 1. The molecule has 2 aromatic carbocycles. The molecule has 2 aromatic rings. The summed E-state index contributed by atoms with van der Waals surface area (Å²) >= 11 is 0. The van der Waals surface area contributed by atoms with Gasteiger partial charge in [0.1, 0.15) is 0 Å². The molecule has 0 aliphatic rings. The van der Waals surface area contributed by atoms with Crippen LogP contribution in [0.3, 0.4) is 0 Å². The fraction of sp³-hybridized carbons (Fsp3) is 0.500. The van der Waals surface area contributed by atoms with Crippen molar-refractivity contribution in [1.82, 2.24) is 5.32 Å². The van der Waals surface area contributed by atoms with E-state index in [1.165, 1.54) is 0 Å². The van der Waals surface area contributed by atoms with Crippen molar-refractivity contribution in [3.63, 3.8) is 0 Å². The Balaban J connectivity index is 2.47. The smallest absolute Gasteiger partial charge is 0.238 e. The topological polar surface area (TPSA) is 144 Å². The average molecular weight is 511 g/mol. The SMILES string of the molecule is CC(C)[C@H](N)C(=O)NC(C(=O)CC(CS(=O)(=O)C(C)(C)C)c1cccc2ccccc12)[PH](=O)O. The lowest BCUT2D eigenvalue weighted by atomic mass is 9.91. The number of Topliss-reactive ketones (excluding diaryl/α,β-unsaturated/α-hetero) is 1. The van der Waals surface area contributed by atoms with Crippen molar-refractivity contribution in [2.24, 2.45) is 11.7 Å². The maximum Gasteiger partial charge on any atom is 0.238 e. The van der Waals surface area contributed by atoms with Crippen LogP contribution in [0.2, 0.25) is 0 Å². The molecule has 0 saturated carbocycles. The van der Waals surface area contributed by atoms with Crippen molar-refractivity contribution in [3.8, 4) is 0 Å². The first kappa shape index (κ1) is 28.2. The van der Waals surface area contributed by atoms with Crippen molar-refractivity contribution in [3.05, 3.63) is 48.0 Å². The molecule has 0 aromatic heterocycles. The first-order valence-electron chi connectivity index (χ1n) is 11.2. The van der Waals surface area contributed by atoms with Crippen molar-refractivity contribution < 1.29 is 27.5 Å². The summed E-state index contributed by atoms with van der Waals surface area (Å²) in [6.07, 6.45) is -0.331. The predicted octanol–water partition coefficient (Wildman–Crippen LogP) is 2.99. The van der Waals surface area contributed by atoms with Gasteiger partial charge in [0.25, 0.3) is 0 Å². The molecule has 0 saturated heterocycles. The Hall–Kier alpha value is -2.06. The average Bonchev–Trinajstić information content (AvgIpc) is 2.74. The van der Waals surface area contributed by atoms with Crippen LogP contribution in [0.4, 0.5) is 0 Å². The molecule has 188 valence electrons. The van der Waals surface area contributed by atoms with Gasteiger partial charge in [-0.3, -0.25) is 14.2 Å². The van der Waals surface area contributed by atoms with Gasteiger partial charge in [0.2, 0.25) is 13.9 Å². The van der Waals surface area contributed by atoms with Gasteiger partial charge in [-0.2, -0.15) is 0 Å². The fourth-order valence-corrected chi connectivity index (χ4v) is 5.55. The van der Waals surface area contributed by atoms with Gasteiger partial charge in [-0.1, -0.05) is 56.3 Å². The van der Waals surface area contributed by atoms with Crippen molar-refractivity contribution in [2.45, 2.75) is 63.5 Å². The summed E-state index contributed by atoms with van der Waals surface area (Å²) in [6.45, 7) is 8.21.